The molecule has 0 aromatic heterocycles. The summed E-state index contributed by atoms with van der Waals surface area (Å²) in [6, 6.07) is -0.477. The van der Waals surface area contributed by atoms with Crippen molar-refractivity contribution >= 4 is 11.8 Å². The lowest BCUT2D eigenvalue weighted by molar-refractivity contribution is -0.156. The molecule has 1 aliphatic heterocycles. The number of hydrogen-bond acceptors (Lipinski definition) is 4. The standard InChI is InChI=1S/C22H36F2N2O4/c1-13-11-25(21(27)18-9-15(29-3)6-8-19(18)23)12-14(2)26(13)22(28)17-7-5-16(30-4)10-20(17)24/h13-20H,5-12H2,1-4H3/t13-,14+,15?,16?,17?,18?,19?,20?. The monoisotopic (exact) mass is 430 g/mol. The highest BCUT2D eigenvalue weighted by atomic mass is 19.1. The number of piperazine rings is 1. The lowest BCUT2D eigenvalue weighted by atomic mass is 9.83. The molecule has 1 heterocycles. The van der Waals surface area contributed by atoms with E-state index >= 15 is 0 Å². The summed E-state index contributed by atoms with van der Waals surface area (Å²) in [4.78, 5) is 29.6. The van der Waals surface area contributed by atoms with E-state index in [1.54, 1.807) is 24.0 Å². The first-order valence-corrected chi connectivity index (χ1v) is 11.2. The highest BCUT2D eigenvalue weighted by Crippen LogP contribution is 2.34. The SMILES string of the molecule is COC1CCC(C(=O)N2[C@H](C)CN(C(=O)C3CC(OC)CCC3F)C[C@@H]2C)C(F)C1. The summed E-state index contributed by atoms with van der Waals surface area (Å²) in [7, 11) is 3.17. The molecule has 3 rings (SSSR count). The first kappa shape index (κ1) is 23.4. The topological polar surface area (TPSA) is 59.1 Å². The van der Waals surface area contributed by atoms with Gasteiger partial charge in [0.25, 0.3) is 0 Å². The molecule has 8 atom stereocenters. The van der Waals surface area contributed by atoms with Crippen LogP contribution in [-0.2, 0) is 19.1 Å². The zero-order valence-electron chi connectivity index (χ0n) is 18.6. The van der Waals surface area contributed by atoms with Gasteiger partial charge < -0.3 is 19.3 Å². The molecule has 3 fully saturated rings. The number of carbonyl (C=O) groups excluding carboxylic acids is 2. The molecule has 2 aliphatic carbocycles. The van der Waals surface area contributed by atoms with Gasteiger partial charge in [-0.3, -0.25) is 9.59 Å². The van der Waals surface area contributed by atoms with Crippen LogP contribution < -0.4 is 0 Å². The molecule has 3 aliphatic rings. The van der Waals surface area contributed by atoms with Gasteiger partial charge in [-0.15, -0.1) is 0 Å². The Bertz CT molecular complexity index is 610. The van der Waals surface area contributed by atoms with Crippen molar-refractivity contribution < 1.29 is 27.8 Å². The minimum Gasteiger partial charge on any atom is -0.381 e. The molecule has 6 unspecified atom stereocenters. The zero-order valence-corrected chi connectivity index (χ0v) is 18.6. The van der Waals surface area contributed by atoms with Gasteiger partial charge in [0.2, 0.25) is 11.8 Å². The molecule has 8 heteroatoms. The number of halogens is 2. The van der Waals surface area contributed by atoms with Crippen LogP contribution in [0.5, 0.6) is 0 Å². The molecule has 0 radical (unpaired) electrons. The second kappa shape index (κ2) is 9.90. The molecule has 172 valence electrons. The third kappa shape index (κ3) is 4.79. The molecule has 0 bridgehead atoms. The number of methoxy groups -OCH3 is 2. The van der Waals surface area contributed by atoms with Crippen molar-refractivity contribution in [3.05, 3.63) is 0 Å². The normalized spacial score (nSPS) is 40.3. The summed E-state index contributed by atoms with van der Waals surface area (Å²) in [5.41, 5.74) is 0. The fourth-order valence-corrected chi connectivity index (χ4v) is 5.50. The lowest BCUT2D eigenvalue weighted by Crippen LogP contribution is -2.62. The first-order chi connectivity index (χ1) is 14.3. The van der Waals surface area contributed by atoms with Gasteiger partial charge in [-0.2, -0.15) is 0 Å². The zero-order chi connectivity index (χ0) is 22.0. The molecule has 0 N–H and O–H groups in total. The summed E-state index contributed by atoms with van der Waals surface area (Å²) < 4.78 is 39.8. The Morgan fingerprint density at radius 1 is 0.767 bits per heavy atom. The third-order valence-electron chi connectivity index (χ3n) is 7.23. The predicted octanol–water partition coefficient (Wildman–Crippen LogP) is 2.74. The van der Waals surface area contributed by atoms with E-state index in [2.05, 4.69) is 0 Å². The van der Waals surface area contributed by atoms with Crippen molar-refractivity contribution in [1.29, 1.82) is 0 Å². The predicted molar refractivity (Wildman–Crippen MR) is 108 cm³/mol. The Kier molecular flexibility index (Phi) is 7.71. The molecule has 2 amide bonds. The molecule has 0 spiro atoms. The second-order valence-electron chi connectivity index (χ2n) is 9.27. The summed E-state index contributed by atoms with van der Waals surface area (Å²) in [6.07, 6.45) is 0.163. The summed E-state index contributed by atoms with van der Waals surface area (Å²) in [6.45, 7) is 4.46. The van der Waals surface area contributed by atoms with Crippen LogP contribution >= 0.6 is 0 Å². The number of rotatable bonds is 4. The number of alkyl halides is 2. The van der Waals surface area contributed by atoms with Crippen molar-refractivity contribution in [2.24, 2.45) is 11.8 Å². The average Bonchev–Trinajstić information content (AvgIpc) is 2.72. The average molecular weight is 431 g/mol. The van der Waals surface area contributed by atoms with Gasteiger partial charge in [-0.25, -0.2) is 8.78 Å². The Hall–Kier alpha value is -1.28. The van der Waals surface area contributed by atoms with Gasteiger partial charge in [0, 0.05) is 45.8 Å². The maximum Gasteiger partial charge on any atom is 0.229 e. The van der Waals surface area contributed by atoms with Gasteiger partial charge in [-0.05, 0) is 46.0 Å². The largest absolute Gasteiger partial charge is 0.381 e. The highest BCUT2D eigenvalue weighted by Gasteiger charge is 2.44. The minimum atomic E-state index is -1.21. The van der Waals surface area contributed by atoms with Crippen LogP contribution in [-0.4, -0.2) is 85.6 Å². The Morgan fingerprint density at radius 3 is 1.90 bits per heavy atom. The van der Waals surface area contributed by atoms with Crippen molar-refractivity contribution in [3.63, 3.8) is 0 Å². The van der Waals surface area contributed by atoms with Gasteiger partial charge >= 0.3 is 0 Å². The van der Waals surface area contributed by atoms with Gasteiger partial charge in [0.1, 0.15) is 12.3 Å². The summed E-state index contributed by atoms with van der Waals surface area (Å²) in [5.74, 6) is -1.71. The van der Waals surface area contributed by atoms with Crippen LogP contribution in [0.2, 0.25) is 0 Å². The molecular weight excluding hydrogens is 394 g/mol. The van der Waals surface area contributed by atoms with E-state index < -0.39 is 24.2 Å². The Balaban J connectivity index is 1.63. The quantitative estimate of drug-likeness (QED) is 0.688. The molecular formula is C22H36F2N2O4. The van der Waals surface area contributed by atoms with E-state index in [4.69, 9.17) is 9.47 Å². The van der Waals surface area contributed by atoms with Gasteiger partial charge in [0.05, 0.1) is 24.0 Å². The fourth-order valence-electron chi connectivity index (χ4n) is 5.50. The molecule has 0 aromatic carbocycles. The summed E-state index contributed by atoms with van der Waals surface area (Å²) >= 11 is 0. The molecule has 30 heavy (non-hydrogen) atoms. The Labute approximate surface area is 178 Å². The number of nitrogens with zero attached hydrogens (tertiary/aromatic N) is 2. The van der Waals surface area contributed by atoms with Crippen LogP contribution in [0.4, 0.5) is 8.78 Å². The van der Waals surface area contributed by atoms with Crippen molar-refractivity contribution in [2.75, 3.05) is 27.3 Å². The van der Waals surface area contributed by atoms with Crippen molar-refractivity contribution in [1.82, 2.24) is 9.80 Å². The van der Waals surface area contributed by atoms with Crippen LogP contribution in [0.25, 0.3) is 0 Å². The number of ether oxygens (including phenoxy) is 2. The minimum absolute atomic E-state index is 0.0904. The van der Waals surface area contributed by atoms with Gasteiger partial charge in [-0.1, -0.05) is 0 Å². The number of amides is 2. The molecule has 6 nitrogen and oxygen atoms in total. The third-order valence-corrected chi connectivity index (χ3v) is 7.23. The van der Waals surface area contributed by atoms with Gasteiger partial charge in [0.15, 0.2) is 0 Å². The maximum atomic E-state index is 14.7. The van der Waals surface area contributed by atoms with Crippen LogP contribution in [0, 0.1) is 11.8 Å². The molecule has 0 aromatic rings. The lowest BCUT2D eigenvalue weighted by Gasteiger charge is -2.47. The number of hydrogen-bond donors (Lipinski definition) is 0. The van der Waals surface area contributed by atoms with E-state index in [0.717, 1.165) is 0 Å². The van der Waals surface area contributed by atoms with E-state index in [1.165, 1.54) is 0 Å². The van der Waals surface area contributed by atoms with Crippen LogP contribution in [0.1, 0.15) is 52.4 Å². The fraction of sp³-hybridized carbons (Fsp3) is 0.909. The highest BCUT2D eigenvalue weighted by molar-refractivity contribution is 5.82. The first-order valence-electron chi connectivity index (χ1n) is 11.2. The smallest absolute Gasteiger partial charge is 0.229 e. The van der Waals surface area contributed by atoms with E-state index in [0.29, 0.717) is 45.2 Å². The van der Waals surface area contributed by atoms with E-state index in [1.807, 2.05) is 13.8 Å². The molecule has 1 saturated heterocycles. The van der Waals surface area contributed by atoms with Crippen LogP contribution in [0.15, 0.2) is 0 Å². The van der Waals surface area contributed by atoms with Crippen molar-refractivity contribution in [3.8, 4) is 0 Å². The second-order valence-corrected chi connectivity index (χ2v) is 9.27. The van der Waals surface area contributed by atoms with Crippen molar-refractivity contribution in [2.45, 2.75) is 89.0 Å². The Morgan fingerprint density at radius 2 is 1.33 bits per heavy atom. The number of carbonyl (C=O) groups is 2. The van der Waals surface area contributed by atoms with E-state index in [9.17, 15) is 18.4 Å². The maximum absolute atomic E-state index is 14.7. The molecule has 2 saturated carbocycles. The summed E-state index contributed by atoms with van der Waals surface area (Å²) in [5, 5.41) is 0. The van der Waals surface area contributed by atoms with Crippen LogP contribution in [0.3, 0.4) is 0 Å². The van der Waals surface area contributed by atoms with E-state index in [-0.39, 0.29) is 42.5 Å².